The molecule has 0 saturated carbocycles. The van der Waals surface area contributed by atoms with Gasteiger partial charge in [-0.1, -0.05) is 11.3 Å². The predicted molar refractivity (Wildman–Crippen MR) is 123 cm³/mol. The fourth-order valence-corrected chi connectivity index (χ4v) is 5.55. The summed E-state index contributed by atoms with van der Waals surface area (Å²) in [4.78, 5) is 27.6. The molecule has 1 fully saturated rings. The second kappa shape index (κ2) is 7.76. The first-order chi connectivity index (χ1) is 15.6. The highest BCUT2D eigenvalue weighted by Gasteiger charge is 2.21. The normalized spacial score (nSPS) is 15.2. The third-order valence-electron chi connectivity index (χ3n) is 5.56. The first kappa shape index (κ1) is 19.5. The maximum atomic E-state index is 13.2. The fourth-order valence-electron chi connectivity index (χ4n) is 3.87. The summed E-state index contributed by atoms with van der Waals surface area (Å²) >= 11 is 3.02. The van der Waals surface area contributed by atoms with Crippen molar-refractivity contribution in [3.63, 3.8) is 0 Å². The second-order valence-corrected chi connectivity index (χ2v) is 9.46. The van der Waals surface area contributed by atoms with E-state index >= 15 is 0 Å². The summed E-state index contributed by atoms with van der Waals surface area (Å²) < 4.78 is 16.5. The van der Waals surface area contributed by atoms with Crippen LogP contribution in [0.5, 0.6) is 0 Å². The Balaban J connectivity index is 1.13. The second-order valence-electron chi connectivity index (χ2n) is 7.65. The number of hydrogen-bond donors (Lipinski definition) is 0. The Kier molecular flexibility index (Phi) is 4.74. The Labute approximate surface area is 189 Å². The van der Waals surface area contributed by atoms with E-state index in [0.29, 0.717) is 6.54 Å². The summed E-state index contributed by atoms with van der Waals surface area (Å²) in [5, 5.41) is 7.51. The number of halogens is 1. The number of thiazole rings is 1. The minimum Gasteiger partial charge on any atom is -0.344 e. The number of piperazine rings is 1. The average Bonchev–Trinajstić information content (AvgIpc) is 3.50. The smallest absolute Gasteiger partial charge is 0.258 e. The van der Waals surface area contributed by atoms with Crippen molar-refractivity contribution in [3.05, 3.63) is 70.0 Å². The van der Waals surface area contributed by atoms with Gasteiger partial charge in [0.1, 0.15) is 5.82 Å². The van der Waals surface area contributed by atoms with E-state index in [9.17, 15) is 9.18 Å². The molecule has 0 radical (unpaired) electrons. The van der Waals surface area contributed by atoms with Crippen LogP contribution in [0, 0.1) is 5.82 Å². The van der Waals surface area contributed by atoms with Crippen LogP contribution in [-0.4, -0.2) is 55.1 Å². The summed E-state index contributed by atoms with van der Waals surface area (Å²) in [7, 11) is 0. The lowest BCUT2D eigenvalue weighted by Crippen LogP contribution is -2.46. The van der Waals surface area contributed by atoms with E-state index in [4.69, 9.17) is 5.10 Å². The SMILES string of the molecule is O=c1cc(CN2CCN(c3nn4cc(-c5ccc(F)cc5)nc4s3)CC2)nc2sccn12. The molecule has 0 N–H and O–H groups in total. The highest BCUT2D eigenvalue weighted by atomic mass is 32.1. The molecule has 0 atom stereocenters. The van der Waals surface area contributed by atoms with Gasteiger partial charge in [0, 0.05) is 55.9 Å². The molecule has 162 valence electrons. The number of fused-ring (bicyclic) bond motifs is 2. The lowest BCUT2D eigenvalue weighted by atomic mass is 10.2. The van der Waals surface area contributed by atoms with Crippen molar-refractivity contribution in [1.82, 2.24) is 28.9 Å². The maximum Gasteiger partial charge on any atom is 0.258 e. The Morgan fingerprint density at radius 1 is 1.03 bits per heavy atom. The minimum atomic E-state index is -0.260. The van der Waals surface area contributed by atoms with Gasteiger partial charge < -0.3 is 4.90 Å². The van der Waals surface area contributed by atoms with Crippen LogP contribution in [-0.2, 0) is 6.54 Å². The quantitative estimate of drug-likeness (QED) is 0.405. The summed E-state index contributed by atoms with van der Waals surface area (Å²) in [6.07, 6.45) is 3.63. The van der Waals surface area contributed by atoms with Crippen LogP contribution >= 0.6 is 22.7 Å². The van der Waals surface area contributed by atoms with Crippen LogP contribution in [0.1, 0.15) is 5.69 Å². The third-order valence-corrected chi connectivity index (χ3v) is 7.30. The van der Waals surface area contributed by atoms with Crippen molar-refractivity contribution < 1.29 is 4.39 Å². The molecular weight excluding hydrogens is 449 g/mol. The zero-order valence-corrected chi connectivity index (χ0v) is 18.5. The summed E-state index contributed by atoms with van der Waals surface area (Å²) in [5.74, 6) is -0.260. The van der Waals surface area contributed by atoms with Crippen LogP contribution in [0.2, 0.25) is 0 Å². The Morgan fingerprint density at radius 3 is 2.62 bits per heavy atom. The molecule has 4 aromatic heterocycles. The number of anilines is 1. The van der Waals surface area contributed by atoms with Gasteiger partial charge in [-0.15, -0.1) is 16.4 Å². The van der Waals surface area contributed by atoms with Gasteiger partial charge in [0.25, 0.3) is 5.56 Å². The van der Waals surface area contributed by atoms with Gasteiger partial charge >= 0.3 is 0 Å². The third kappa shape index (κ3) is 3.57. The fraction of sp³-hybridized carbons (Fsp3) is 0.238. The van der Waals surface area contributed by atoms with Crippen molar-refractivity contribution in [2.75, 3.05) is 31.1 Å². The molecule has 0 unspecified atom stereocenters. The van der Waals surface area contributed by atoms with E-state index in [2.05, 4.69) is 19.8 Å². The molecule has 6 rings (SSSR count). The molecule has 1 aromatic carbocycles. The zero-order chi connectivity index (χ0) is 21.7. The van der Waals surface area contributed by atoms with Crippen molar-refractivity contribution in [2.24, 2.45) is 0 Å². The number of imidazole rings is 1. The van der Waals surface area contributed by atoms with E-state index in [1.807, 2.05) is 11.6 Å². The molecule has 1 saturated heterocycles. The standard InChI is InChI=1S/C21H18FN7OS2/c22-15-3-1-14(2-4-15)17-13-29-20(24-17)32-21(25-29)27-7-5-26(6-8-27)12-16-11-18(30)28-9-10-31-19(28)23-16/h1-4,9-11,13H,5-8,12H2. The predicted octanol–water partition coefficient (Wildman–Crippen LogP) is 2.99. The topological polar surface area (TPSA) is 71.0 Å². The summed E-state index contributed by atoms with van der Waals surface area (Å²) in [5.41, 5.74) is 2.43. The summed E-state index contributed by atoms with van der Waals surface area (Å²) in [6.45, 7) is 4.10. The average molecular weight is 468 g/mol. The molecule has 1 aliphatic rings. The Bertz CT molecular complexity index is 1430. The molecule has 32 heavy (non-hydrogen) atoms. The maximum absolute atomic E-state index is 13.2. The van der Waals surface area contributed by atoms with Gasteiger partial charge in [-0.25, -0.2) is 18.9 Å². The molecule has 5 aromatic rings. The van der Waals surface area contributed by atoms with Crippen molar-refractivity contribution >= 4 is 37.7 Å². The molecule has 8 nitrogen and oxygen atoms in total. The zero-order valence-electron chi connectivity index (χ0n) is 16.9. The van der Waals surface area contributed by atoms with Crippen molar-refractivity contribution in [1.29, 1.82) is 0 Å². The van der Waals surface area contributed by atoms with E-state index in [1.54, 1.807) is 44.6 Å². The van der Waals surface area contributed by atoms with Gasteiger partial charge in [0.2, 0.25) is 10.1 Å². The molecule has 11 heteroatoms. The van der Waals surface area contributed by atoms with Crippen LogP contribution in [0.25, 0.3) is 21.2 Å². The van der Waals surface area contributed by atoms with Gasteiger partial charge in [-0.05, 0) is 24.3 Å². The van der Waals surface area contributed by atoms with E-state index in [0.717, 1.165) is 58.2 Å². The van der Waals surface area contributed by atoms with E-state index < -0.39 is 0 Å². The van der Waals surface area contributed by atoms with E-state index in [1.165, 1.54) is 23.5 Å². The van der Waals surface area contributed by atoms with Crippen LogP contribution in [0.15, 0.2) is 52.9 Å². The van der Waals surface area contributed by atoms with Gasteiger partial charge in [0.15, 0.2) is 4.96 Å². The number of aromatic nitrogens is 5. The number of benzene rings is 1. The van der Waals surface area contributed by atoms with E-state index in [-0.39, 0.29) is 11.4 Å². The van der Waals surface area contributed by atoms with Crippen LogP contribution in [0.3, 0.4) is 0 Å². The molecule has 0 bridgehead atoms. The molecule has 0 amide bonds. The molecule has 1 aliphatic heterocycles. The van der Waals surface area contributed by atoms with Gasteiger partial charge in [-0.2, -0.15) is 0 Å². The first-order valence-corrected chi connectivity index (χ1v) is 11.9. The highest BCUT2D eigenvalue weighted by Crippen LogP contribution is 2.27. The molecule has 0 aliphatic carbocycles. The summed E-state index contributed by atoms with van der Waals surface area (Å²) in [6, 6.07) is 7.95. The van der Waals surface area contributed by atoms with Crippen molar-refractivity contribution in [3.8, 4) is 11.3 Å². The van der Waals surface area contributed by atoms with Crippen LogP contribution < -0.4 is 10.5 Å². The van der Waals surface area contributed by atoms with Crippen LogP contribution in [0.4, 0.5) is 9.52 Å². The molecular formula is C21H18FN7OS2. The van der Waals surface area contributed by atoms with Gasteiger partial charge in [0.05, 0.1) is 17.6 Å². The number of nitrogens with zero attached hydrogens (tertiary/aromatic N) is 7. The first-order valence-electron chi connectivity index (χ1n) is 10.2. The van der Waals surface area contributed by atoms with Gasteiger partial charge in [-0.3, -0.25) is 14.1 Å². The number of hydrogen-bond acceptors (Lipinski definition) is 8. The largest absolute Gasteiger partial charge is 0.344 e. The Morgan fingerprint density at radius 2 is 1.84 bits per heavy atom. The molecule has 5 heterocycles. The van der Waals surface area contributed by atoms with Crippen molar-refractivity contribution in [2.45, 2.75) is 6.54 Å². The lowest BCUT2D eigenvalue weighted by Gasteiger charge is -2.34. The number of rotatable bonds is 4. The highest BCUT2D eigenvalue weighted by molar-refractivity contribution is 7.20. The lowest BCUT2D eigenvalue weighted by molar-refractivity contribution is 0.247. The minimum absolute atomic E-state index is 0.0315. The monoisotopic (exact) mass is 467 g/mol. The molecule has 0 spiro atoms. The Hall–Kier alpha value is -3.15.